The minimum Gasteiger partial charge on any atom is -0.398 e. The Labute approximate surface area is 101 Å². The highest BCUT2D eigenvalue weighted by atomic mass is 15.1. The fraction of sp³-hybridized carbons (Fsp3) is 0.0667. The molecule has 2 heteroatoms. The summed E-state index contributed by atoms with van der Waals surface area (Å²) in [4.78, 5) is 2.18. The number of nitrogens with two attached hydrogens (primary N) is 1. The van der Waals surface area contributed by atoms with Gasteiger partial charge >= 0.3 is 0 Å². The van der Waals surface area contributed by atoms with Crippen molar-refractivity contribution in [2.24, 2.45) is 5.73 Å². The largest absolute Gasteiger partial charge is 0.398 e. The molecule has 0 amide bonds. The third kappa shape index (κ3) is 1.78. The fourth-order valence-corrected chi connectivity index (χ4v) is 2.20. The first-order chi connectivity index (χ1) is 8.34. The van der Waals surface area contributed by atoms with Gasteiger partial charge in [0.2, 0.25) is 0 Å². The van der Waals surface area contributed by atoms with Crippen molar-refractivity contribution in [1.29, 1.82) is 0 Å². The maximum absolute atomic E-state index is 5.84. The van der Waals surface area contributed by atoms with Gasteiger partial charge < -0.3 is 10.6 Å². The third-order valence-electron chi connectivity index (χ3n) is 2.99. The van der Waals surface area contributed by atoms with Crippen LogP contribution in [0.2, 0.25) is 0 Å². The summed E-state index contributed by atoms with van der Waals surface area (Å²) in [7, 11) is 0. The molecule has 84 valence electrons. The zero-order valence-electron chi connectivity index (χ0n) is 9.51. The molecule has 0 saturated heterocycles. The number of fused-ring (bicyclic) bond motifs is 1. The molecule has 1 heterocycles. The summed E-state index contributed by atoms with van der Waals surface area (Å²) in [5.74, 6) is 0. The molecule has 0 radical (unpaired) electrons. The zero-order valence-corrected chi connectivity index (χ0v) is 9.51. The molecule has 0 unspecified atom stereocenters. The fourth-order valence-electron chi connectivity index (χ4n) is 2.20. The molecule has 0 fully saturated rings. The predicted octanol–water partition coefficient (Wildman–Crippen LogP) is 3.02. The Morgan fingerprint density at radius 3 is 2.71 bits per heavy atom. The van der Waals surface area contributed by atoms with Gasteiger partial charge in [-0.1, -0.05) is 42.5 Å². The summed E-state index contributed by atoms with van der Waals surface area (Å²) in [6.45, 7) is 0.870. The SMILES string of the molecule is NC1=CN(c2cccc3ccccc23)CC=C1. The molecule has 17 heavy (non-hydrogen) atoms. The van der Waals surface area contributed by atoms with Gasteiger partial charge in [-0.15, -0.1) is 0 Å². The van der Waals surface area contributed by atoms with E-state index in [1.54, 1.807) is 0 Å². The van der Waals surface area contributed by atoms with Crippen molar-refractivity contribution in [1.82, 2.24) is 0 Å². The lowest BCUT2D eigenvalue weighted by Crippen LogP contribution is -2.21. The summed E-state index contributed by atoms with van der Waals surface area (Å²) in [5.41, 5.74) is 7.84. The van der Waals surface area contributed by atoms with Gasteiger partial charge in [-0.3, -0.25) is 0 Å². The summed E-state index contributed by atoms with van der Waals surface area (Å²) >= 11 is 0. The van der Waals surface area contributed by atoms with Crippen LogP contribution in [0.15, 0.2) is 66.5 Å². The maximum Gasteiger partial charge on any atom is 0.0489 e. The Bertz CT molecular complexity index is 606. The number of allylic oxidation sites excluding steroid dienone is 1. The third-order valence-corrected chi connectivity index (χ3v) is 2.99. The van der Waals surface area contributed by atoms with Gasteiger partial charge in [-0.2, -0.15) is 0 Å². The normalized spacial score (nSPS) is 15.1. The minimum atomic E-state index is 0.796. The summed E-state index contributed by atoms with van der Waals surface area (Å²) in [6, 6.07) is 14.8. The molecule has 2 aromatic rings. The Balaban J connectivity index is 2.15. The van der Waals surface area contributed by atoms with Crippen LogP contribution in [0.3, 0.4) is 0 Å². The number of rotatable bonds is 1. The highest BCUT2D eigenvalue weighted by molar-refractivity contribution is 5.94. The first-order valence-electron chi connectivity index (χ1n) is 5.73. The Morgan fingerprint density at radius 2 is 1.82 bits per heavy atom. The van der Waals surface area contributed by atoms with Crippen molar-refractivity contribution in [2.75, 3.05) is 11.4 Å². The molecule has 3 rings (SSSR count). The van der Waals surface area contributed by atoms with Crippen molar-refractivity contribution in [3.63, 3.8) is 0 Å². The van der Waals surface area contributed by atoms with Gasteiger partial charge in [-0.25, -0.2) is 0 Å². The van der Waals surface area contributed by atoms with E-state index in [2.05, 4.69) is 53.4 Å². The zero-order chi connectivity index (χ0) is 11.7. The molecule has 0 saturated carbocycles. The van der Waals surface area contributed by atoms with Gasteiger partial charge in [0.1, 0.15) is 0 Å². The van der Waals surface area contributed by atoms with Gasteiger partial charge in [0.15, 0.2) is 0 Å². The van der Waals surface area contributed by atoms with Crippen molar-refractivity contribution < 1.29 is 0 Å². The second-order valence-electron chi connectivity index (χ2n) is 4.18. The van der Waals surface area contributed by atoms with E-state index >= 15 is 0 Å². The highest BCUT2D eigenvalue weighted by Gasteiger charge is 2.08. The van der Waals surface area contributed by atoms with Crippen LogP contribution in [-0.4, -0.2) is 6.54 Å². The van der Waals surface area contributed by atoms with Crippen LogP contribution in [0.5, 0.6) is 0 Å². The van der Waals surface area contributed by atoms with Crippen molar-refractivity contribution in [3.8, 4) is 0 Å². The van der Waals surface area contributed by atoms with E-state index in [9.17, 15) is 0 Å². The standard InChI is InChI=1S/C15H14N2/c16-13-7-4-10-17(11-13)15-9-3-6-12-5-1-2-8-14(12)15/h1-9,11H,10,16H2. The second-order valence-corrected chi connectivity index (χ2v) is 4.18. The molecule has 0 atom stereocenters. The number of benzene rings is 2. The molecular formula is C15H14N2. The minimum absolute atomic E-state index is 0.796. The van der Waals surface area contributed by atoms with Crippen molar-refractivity contribution >= 4 is 16.5 Å². The van der Waals surface area contributed by atoms with E-state index in [4.69, 9.17) is 5.73 Å². The monoisotopic (exact) mass is 222 g/mol. The van der Waals surface area contributed by atoms with Crippen LogP contribution in [0.4, 0.5) is 5.69 Å². The average Bonchev–Trinajstić information content (AvgIpc) is 2.38. The Hall–Kier alpha value is -2.22. The predicted molar refractivity (Wildman–Crippen MR) is 72.7 cm³/mol. The Kier molecular flexibility index (Phi) is 2.33. The highest BCUT2D eigenvalue weighted by Crippen LogP contribution is 2.27. The van der Waals surface area contributed by atoms with E-state index in [-0.39, 0.29) is 0 Å². The maximum atomic E-state index is 5.84. The van der Waals surface area contributed by atoms with Gasteiger partial charge in [0.05, 0.1) is 0 Å². The van der Waals surface area contributed by atoms with Crippen LogP contribution in [0, 0.1) is 0 Å². The summed E-state index contributed by atoms with van der Waals surface area (Å²) < 4.78 is 0. The molecule has 1 aliphatic heterocycles. The molecule has 1 aliphatic rings. The smallest absolute Gasteiger partial charge is 0.0489 e. The van der Waals surface area contributed by atoms with Crippen LogP contribution < -0.4 is 10.6 Å². The molecule has 0 spiro atoms. The molecule has 2 aromatic carbocycles. The first kappa shape index (κ1) is 9.97. The average molecular weight is 222 g/mol. The summed E-state index contributed by atoms with van der Waals surface area (Å²) in [6.07, 6.45) is 6.01. The van der Waals surface area contributed by atoms with E-state index in [0.29, 0.717) is 0 Å². The van der Waals surface area contributed by atoms with Gasteiger partial charge in [0.25, 0.3) is 0 Å². The van der Waals surface area contributed by atoms with E-state index in [0.717, 1.165) is 12.2 Å². The molecule has 0 aliphatic carbocycles. The molecule has 0 aromatic heterocycles. The van der Waals surface area contributed by atoms with E-state index in [1.807, 2.05) is 12.3 Å². The first-order valence-corrected chi connectivity index (χ1v) is 5.73. The second kappa shape index (κ2) is 3.98. The number of nitrogens with zero attached hydrogens (tertiary/aromatic N) is 1. The topological polar surface area (TPSA) is 29.3 Å². The molecule has 0 bridgehead atoms. The number of anilines is 1. The van der Waals surface area contributed by atoms with Crippen molar-refractivity contribution in [3.05, 3.63) is 66.5 Å². The quantitative estimate of drug-likeness (QED) is 0.803. The number of hydrogen-bond acceptors (Lipinski definition) is 2. The lowest BCUT2D eigenvalue weighted by molar-refractivity contribution is 1.05. The molecule has 2 nitrogen and oxygen atoms in total. The lowest BCUT2D eigenvalue weighted by Gasteiger charge is -2.23. The number of hydrogen-bond donors (Lipinski definition) is 1. The van der Waals surface area contributed by atoms with Gasteiger partial charge in [0, 0.05) is 29.5 Å². The molecular weight excluding hydrogens is 208 g/mol. The molecule has 2 N–H and O–H groups in total. The lowest BCUT2D eigenvalue weighted by atomic mass is 10.1. The van der Waals surface area contributed by atoms with Crippen LogP contribution >= 0.6 is 0 Å². The van der Waals surface area contributed by atoms with Crippen LogP contribution in [0.1, 0.15) is 0 Å². The van der Waals surface area contributed by atoms with Crippen molar-refractivity contribution in [2.45, 2.75) is 0 Å². The van der Waals surface area contributed by atoms with Crippen LogP contribution in [0.25, 0.3) is 10.8 Å². The summed E-state index contributed by atoms with van der Waals surface area (Å²) in [5, 5.41) is 2.51. The van der Waals surface area contributed by atoms with E-state index < -0.39 is 0 Å². The van der Waals surface area contributed by atoms with E-state index in [1.165, 1.54) is 16.5 Å². The van der Waals surface area contributed by atoms with Gasteiger partial charge in [-0.05, 0) is 17.5 Å². The Morgan fingerprint density at radius 1 is 1.00 bits per heavy atom. The van der Waals surface area contributed by atoms with Crippen LogP contribution in [-0.2, 0) is 0 Å².